The van der Waals surface area contributed by atoms with Crippen LogP contribution in [0, 0.1) is 5.92 Å². The number of ether oxygens (including phenoxy) is 1. The fourth-order valence-corrected chi connectivity index (χ4v) is 2.65. The Balaban J connectivity index is 1.79. The molecule has 0 aromatic rings. The maximum atomic E-state index is 10.2. The Kier molecular flexibility index (Phi) is 2.84. The quantitative estimate of drug-likeness (QED) is 0.749. The number of nitrogens with zero attached hydrogens (tertiary/aromatic N) is 1. The summed E-state index contributed by atoms with van der Waals surface area (Å²) in [5.41, 5.74) is 7.80. The normalized spacial score (nSPS) is 31.1. The van der Waals surface area contributed by atoms with E-state index in [4.69, 9.17) is 10.5 Å². The van der Waals surface area contributed by atoms with Gasteiger partial charge < -0.3 is 20.5 Å². The molecule has 17 heavy (non-hydrogen) atoms. The monoisotopic (exact) mass is 236 g/mol. The molecule has 1 aliphatic carbocycles. The number of allylic oxidation sites excluding steroid dienone is 2. The molecule has 1 atom stereocenters. The Morgan fingerprint density at radius 1 is 1.24 bits per heavy atom. The van der Waals surface area contributed by atoms with Crippen molar-refractivity contribution < 1.29 is 9.84 Å². The smallest absolute Gasteiger partial charge is 0.167 e. The third-order valence-corrected chi connectivity index (χ3v) is 3.87. The Morgan fingerprint density at radius 3 is 2.59 bits per heavy atom. The van der Waals surface area contributed by atoms with Crippen LogP contribution in [0.2, 0.25) is 0 Å². The van der Waals surface area contributed by atoms with E-state index in [2.05, 4.69) is 6.20 Å². The molecule has 2 heterocycles. The fourth-order valence-electron chi connectivity index (χ4n) is 2.65. The van der Waals surface area contributed by atoms with E-state index in [1.807, 2.05) is 11.0 Å². The number of rotatable bonds is 2. The van der Waals surface area contributed by atoms with Crippen LogP contribution in [0.3, 0.4) is 0 Å². The van der Waals surface area contributed by atoms with Gasteiger partial charge in [0.05, 0.1) is 5.70 Å². The molecular formula is C13H20N2O2. The Morgan fingerprint density at radius 2 is 1.94 bits per heavy atom. The van der Waals surface area contributed by atoms with Gasteiger partial charge in [-0.1, -0.05) is 0 Å². The van der Waals surface area contributed by atoms with Crippen molar-refractivity contribution in [3.8, 4) is 0 Å². The van der Waals surface area contributed by atoms with Crippen LogP contribution < -0.4 is 5.73 Å². The molecule has 0 spiro atoms. The maximum absolute atomic E-state index is 10.2. The first-order valence-electron chi connectivity index (χ1n) is 6.48. The summed E-state index contributed by atoms with van der Waals surface area (Å²) < 4.78 is 5.36. The van der Waals surface area contributed by atoms with Crippen molar-refractivity contribution in [2.45, 2.75) is 38.0 Å². The lowest BCUT2D eigenvalue weighted by Gasteiger charge is -2.39. The van der Waals surface area contributed by atoms with Gasteiger partial charge in [-0.2, -0.15) is 0 Å². The summed E-state index contributed by atoms with van der Waals surface area (Å²) in [6.45, 7) is 1.56. The van der Waals surface area contributed by atoms with Crippen LogP contribution in [0.1, 0.15) is 25.7 Å². The van der Waals surface area contributed by atoms with Crippen molar-refractivity contribution in [2.75, 3.05) is 13.2 Å². The average Bonchev–Trinajstić information content (AvgIpc) is 3.18. The molecule has 94 valence electrons. The summed E-state index contributed by atoms with van der Waals surface area (Å²) in [6, 6.07) is 0.361. The SMILES string of the molecule is NC1=CC(C2CC2)=CN(C2CCOCC2)C1O. The van der Waals surface area contributed by atoms with Crippen LogP contribution in [0.25, 0.3) is 0 Å². The van der Waals surface area contributed by atoms with Gasteiger partial charge >= 0.3 is 0 Å². The van der Waals surface area contributed by atoms with E-state index >= 15 is 0 Å². The molecule has 4 heteroatoms. The number of hydrogen-bond acceptors (Lipinski definition) is 4. The van der Waals surface area contributed by atoms with Crippen LogP contribution in [0.15, 0.2) is 23.5 Å². The van der Waals surface area contributed by atoms with Crippen molar-refractivity contribution in [3.05, 3.63) is 23.5 Å². The summed E-state index contributed by atoms with van der Waals surface area (Å²) in [6.07, 6.45) is 7.88. The van der Waals surface area contributed by atoms with E-state index in [1.165, 1.54) is 18.4 Å². The minimum absolute atomic E-state index is 0.361. The van der Waals surface area contributed by atoms with Gasteiger partial charge in [-0.25, -0.2) is 0 Å². The third kappa shape index (κ3) is 2.19. The highest BCUT2D eigenvalue weighted by Crippen LogP contribution is 2.39. The van der Waals surface area contributed by atoms with Gasteiger partial charge in [0.2, 0.25) is 0 Å². The zero-order valence-electron chi connectivity index (χ0n) is 10.0. The Bertz CT molecular complexity index is 354. The highest BCUT2D eigenvalue weighted by atomic mass is 16.5. The van der Waals surface area contributed by atoms with E-state index < -0.39 is 6.23 Å². The summed E-state index contributed by atoms with van der Waals surface area (Å²) in [7, 11) is 0. The van der Waals surface area contributed by atoms with Crippen LogP contribution in [0.5, 0.6) is 0 Å². The molecule has 0 bridgehead atoms. The standard InChI is InChI=1S/C13H20N2O2/c14-12-7-10(9-1-2-9)8-15(13(12)16)11-3-5-17-6-4-11/h7-9,11,13,16H,1-6,14H2. The van der Waals surface area contributed by atoms with Gasteiger partial charge in [-0.15, -0.1) is 0 Å². The lowest BCUT2D eigenvalue weighted by molar-refractivity contribution is -0.0143. The topological polar surface area (TPSA) is 58.7 Å². The van der Waals surface area contributed by atoms with Crippen LogP contribution >= 0.6 is 0 Å². The first-order valence-corrected chi connectivity index (χ1v) is 6.48. The molecule has 0 radical (unpaired) electrons. The summed E-state index contributed by atoms with van der Waals surface area (Å²) >= 11 is 0. The minimum atomic E-state index is -0.652. The molecule has 1 saturated heterocycles. The number of hydrogen-bond donors (Lipinski definition) is 2. The minimum Gasteiger partial charge on any atom is -0.398 e. The summed E-state index contributed by atoms with van der Waals surface area (Å²) in [4.78, 5) is 2.03. The van der Waals surface area contributed by atoms with Gasteiger partial charge in [0.15, 0.2) is 6.23 Å². The molecule has 0 aromatic heterocycles. The molecule has 3 aliphatic rings. The van der Waals surface area contributed by atoms with Crippen LogP contribution in [-0.2, 0) is 4.74 Å². The molecule has 2 fully saturated rings. The molecule has 0 aromatic carbocycles. The zero-order valence-corrected chi connectivity index (χ0v) is 10.0. The molecule has 3 rings (SSSR count). The molecule has 2 aliphatic heterocycles. The summed E-state index contributed by atoms with van der Waals surface area (Å²) in [5, 5.41) is 10.2. The number of nitrogens with two attached hydrogens (primary N) is 1. The predicted octanol–water partition coefficient (Wildman–Crippen LogP) is 0.936. The number of aliphatic hydroxyl groups is 1. The van der Waals surface area contributed by atoms with Gasteiger partial charge in [0.25, 0.3) is 0 Å². The Labute approximate surface area is 102 Å². The van der Waals surface area contributed by atoms with Gasteiger partial charge in [0, 0.05) is 25.5 Å². The summed E-state index contributed by atoms with van der Waals surface area (Å²) in [5.74, 6) is 0.670. The number of aliphatic hydroxyl groups excluding tert-OH is 1. The van der Waals surface area contributed by atoms with Crippen molar-refractivity contribution in [1.29, 1.82) is 0 Å². The zero-order chi connectivity index (χ0) is 11.8. The van der Waals surface area contributed by atoms with E-state index in [0.29, 0.717) is 17.7 Å². The lowest BCUT2D eigenvalue weighted by atomic mass is 10.0. The van der Waals surface area contributed by atoms with Crippen molar-refractivity contribution in [2.24, 2.45) is 11.7 Å². The molecule has 1 unspecified atom stereocenters. The van der Waals surface area contributed by atoms with Crippen molar-refractivity contribution in [1.82, 2.24) is 4.90 Å². The first-order chi connectivity index (χ1) is 8.25. The average molecular weight is 236 g/mol. The van der Waals surface area contributed by atoms with Crippen LogP contribution in [-0.4, -0.2) is 35.5 Å². The van der Waals surface area contributed by atoms with Gasteiger partial charge in [-0.05, 0) is 43.3 Å². The van der Waals surface area contributed by atoms with Crippen LogP contribution in [0.4, 0.5) is 0 Å². The predicted molar refractivity (Wildman–Crippen MR) is 64.8 cm³/mol. The largest absolute Gasteiger partial charge is 0.398 e. The highest BCUT2D eigenvalue weighted by molar-refractivity contribution is 5.32. The molecular weight excluding hydrogens is 216 g/mol. The fraction of sp³-hybridized carbons (Fsp3) is 0.692. The molecule has 3 N–H and O–H groups in total. The van der Waals surface area contributed by atoms with E-state index in [0.717, 1.165) is 26.1 Å². The molecule has 4 nitrogen and oxygen atoms in total. The lowest BCUT2D eigenvalue weighted by Crippen LogP contribution is -2.46. The second kappa shape index (κ2) is 4.35. The van der Waals surface area contributed by atoms with E-state index in [-0.39, 0.29) is 0 Å². The third-order valence-electron chi connectivity index (χ3n) is 3.87. The molecule has 0 amide bonds. The second-order valence-corrected chi connectivity index (χ2v) is 5.21. The molecule has 1 saturated carbocycles. The Hall–Kier alpha value is -1.00. The first kappa shape index (κ1) is 11.1. The maximum Gasteiger partial charge on any atom is 0.167 e. The highest BCUT2D eigenvalue weighted by Gasteiger charge is 2.33. The van der Waals surface area contributed by atoms with Crippen molar-refractivity contribution >= 4 is 0 Å². The van der Waals surface area contributed by atoms with E-state index in [9.17, 15) is 5.11 Å². The van der Waals surface area contributed by atoms with Gasteiger partial charge in [-0.3, -0.25) is 0 Å². The second-order valence-electron chi connectivity index (χ2n) is 5.21. The van der Waals surface area contributed by atoms with Crippen molar-refractivity contribution in [3.63, 3.8) is 0 Å². The van der Waals surface area contributed by atoms with E-state index in [1.54, 1.807) is 0 Å². The van der Waals surface area contributed by atoms with Gasteiger partial charge in [0.1, 0.15) is 0 Å².